The summed E-state index contributed by atoms with van der Waals surface area (Å²) in [7, 11) is 0. The molecule has 7 heteroatoms. The summed E-state index contributed by atoms with van der Waals surface area (Å²) in [6, 6.07) is 4.30. The van der Waals surface area contributed by atoms with Crippen LogP contribution in [0.4, 0.5) is 8.78 Å². The van der Waals surface area contributed by atoms with E-state index in [9.17, 15) is 9.18 Å². The minimum atomic E-state index is -1.97. The van der Waals surface area contributed by atoms with Gasteiger partial charge in [0.05, 0.1) is 13.2 Å². The summed E-state index contributed by atoms with van der Waals surface area (Å²) in [6.07, 6.45) is 2.12. The van der Waals surface area contributed by atoms with Crippen molar-refractivity contribution in [1.29, 1.82) is 0 Å². The molecular formula is C21H25F2N3O2. The molecule has 2 aliphatic heterocycles. The minimum Gasteiger partial charge on any atom is -0.386 e. The highest BCUT2D eigenvalue weighted by Crippen LogP contribution is 2.45. The van der Waals surface area contributed by atoms with Crippen molar-refractivity contribution in [3.05, 3.63) is 46.8 Å². The van der Waals surface area contributed by atoms with Crippen LogP contribution in [0.1, 0.15) is 38.3 Å². The number of hydrogen-bond acceptors (Lipinski definition) is 5. The predicted octanol–water partition coefficient (Wildman–Crippen LogP) is 3.06. The average molecular weight is 389 g/mol. The molecule has 0 bridgehead atoms. The van der Waals surface area contributed by atoms with E-state index in [0.29, 0.717) is 17.8 Å². The first-order valence-electron chi connectivity index (χ1n) is 9.34. The van der Waals surface area contributed by atoms with Crippen LogP contribution in [-0.2, 0) is 21.5 Å². The van der Waals surface area contributed by atoms with Gasteiger partial charge in [-0.1, -0.05) is 19.1 Å². The van der Waals surface area contributed by atoms with E-state index >= 15 is 4.39 Å². The zero-order chi connectivity index (χ0) is 20.5. The molecule has 0 radical (unpaired) electrons. The second-order valence-electron chi connectivity index (χ2n) is 7.50. The van der Waals surface area contributed by atoms with Gasteiger partial charge in [-0.05, 0) is 43.5 Å². The van der Waals surface area contributed by atoms with E-state index in [1.54, 1.807) is 6.92 Å². The monoisotopic (exact) mass is 389 g/mol. The number of ketones is 1. The third-order valence-electron chi connectivity index (χ3n) is 5.46. The molecule has 0 saturated carbocycles. The van der Waals surface area contributed by atoms with Crippen molar-refractivity contribution in [2.45, 2.75) is 44.8 Å². The zero-order valence-corrected chi connectivity index (χ0v) is 16.4. The lowest BCUT2D eigenvalue weighted by Crippen LogP contribution is -2.48. The minimum absolute atomic E-state index is 0.00745. The van der Waals surface area contributed by atoms with Crippen LogP contribution in [0.15, 0.2) is 39.8 Å². The molecule has 1 unspecified atom stereocenters. The molecule has 0 fully saturated rings. The van der Waals surface area contributed by atoms with Gasteiger partial charge >= 0.3 is 0 Å². The van der Waals surface area contributed by atoms with Gasteiger partial charge in [-0.25, -0.2) is 8.78 Å². The summed E-state index contributed by atoms with van der Waals surface area (Å²) in [5.41, 5.74) is 4.31. The number of rotatable bonds is 5. The standard InChI is InChI=1S/C21H25F2N3O2/c1-4-21(20(3,23)12-28-11-18(24)26-21)15-9-14(5-6-16(15)22)10-17(27)19-13(2)7-8-25-19/h5-7,9H,4,8,10-12H2,1-3H3,(H2,24,26)/t20?,21-/m1/s1. The van der Waals surface area contributed by atoms with Gasteiger partial charge in [0.1, 0.15) is 29.5 Å². The molecule has 1 aromatic rings. The van der Waals surface area contributed by atoms with Crippen molar-refractivity contribution in [2.24, 2.45) is 15.7 Å². The number of benzene rings is 1. The molecule has 5 nitrogen and oxygen atoms in total. The number of alkyl halides is 1. The van der Waals surface area contributed by atoms with Gasteiger partial charge in [-0.2, -0.15) is 0 Å². The molecular weight excluding hydrogens is 364 g/mol. The first-order valence-corrected chi connectivity index (χ1v) is 9.34. The first-order chi connectivity index (χ1) is 13.2. The Kier molecular flexibility index (Phi) is 5.48. The van der Waals surface area contributed by atoms with Crippen LogP contribution in [0.2, 0.25) is 0 Å². The normalized spacial score (nSPS) is 27.7. The third-order valence-corrected chi connectivity index (χ3v) is 5.46. The van der Waals surface area contributed by atoms with Crippen LogP contribution in [0.3, 0.4) is 0 Å². The van der Waals surface area contributed by atoms with Gasteiger partial charge in [-0.3, -0.25) is 14.8 Å². The van der Waals surface area contributed by atoms with Gasteiger partial charge in [0.2, 0.25) is 0 Å². The molecule has 0 spiro atoms. The van der Waals surface area contributed by atoms with Crippen molar-refractivity contribution in [3.63, 3.8) is 0 Å². The Morgan fingerprint density at radius 3 is 2.79 bits per heavy atom. The highest BCUT2D eigenvalue weighted by molar-refractivity contribution is 6.46. The van der Waals surface area contributed by atoms with E-state index in [4.69, 9.17) is 10.5 Å². The first kappa shape index (κ1) is 20.3. The fourth-order valence-electron chi connectivity index (χ4n) is 3.91. The Morgan fingerprint density at radius 2 is 2.14 bits per heavy atom. The average Bonchev–Trinajstić information content (AvgIpc) is 3.02. The Hall–Kier alpha value is -2.41. The van der Waals surface area contributed by atoms with E-state index < -0.39 is 17.0 Å². The number of amidine groups is 1. The molecule has 1 aromatic carbocycles. The lowest BCUT2D eigenvalue weighted by Gasteiger charge is -2.39. The molecule has 2 N–H and O–H groups in total. The van der Waals surface area contributed by atoms with E-state index in [2.05, 4.69) is 9.98 Å². The number of allylic oxidation sites excluding steroid dienone is 1. The van der Waals surface area contributed by atoms with E-state index in [0.717, 1.165) is 5.57 Å². The summed E-state index contributed by atoms with van der Waals surface area (Å²) in [5.74, 6) is -0.621. The van der Waals surface area contributed by atoms with Crippen LogP contribution in [0.25, 0.3) is 0 Å². The van der Waals surface area contributed by atoms with E-state index in [-0.39, 0.29) is 43.2 Å². The predicted molar refractivity (Wildman–Crippen MR) is 105 cm³/mol. The second-order valence-corrected chi connectivity index (χ2v) is 7.50. The number of halogens is 2. The quantitative estimate of drug-likeness (QED) is 0.841. The molecule has 0 aromatic heterocycles. The lowest BCUT2D eigenvalue weighted by atomic mass is 9.74. The molecule has 0 saturated heterocycles. The summed E-state index contributed by atoms with van der Waals surface area (Å²) in [4.78, 5) is 21.1. The van der Waals surface area contributed by atoms with Crippen LogP contribution in [0.5, 0.6) is 0 Å². The van der Waals surface area contributed by atoms with Crippen LogP contribution in [-0.4, -0.2) is 42.8 Å². The van der Waals surface area contributed by atoms with Gasteiger partial charge in [0.25, 0.3) is 0 Å². The largest absolute Gasteiger partial charge is 0.386 e. The Balaban J connectivity index is 2.03. The van der Waals surface area contributed by atoms with Crippen LogP contribution >= 0.6 is 0 Å². The van der Waals surface area contributed by atoms with Gasteiger partial charge in [-0.15, -0.1) is 0 Å². The molecule has 2 heterocycles. The number of carbonyl (C=O) groups is 1. The van der Waals surface area contributed by atoms with Crippen LogP contribution in [0, 0.1) is 5.82 Å². The van der Waals surface area contributed by atoms with Crippen molar-refractivity contribution in [3.8, 4) is 0 Å². The molecule has 2 aliphatic rings. The number of hydrogen-bond donors (Lipinski definition) is 1. The van der Waals surface area contributed by atoms with Gasteiger partial charge in [0, 0.05) is 12.0 Å². The van der Waals surface area contributed by atoms with Crippen LogP contribution < -0.4 is 5.73 Å². The molecule has 0 amide bonds. The Morgan fingerprint density at radius 1 is 1.39 bits per heavy atom. The number of Topliss-reactive ketones (excluding diaryl/α,β-unsaturated/α-hetero) is 1. The molecule has 0 aliphatic carbocycles. The number of carbonyl (C=O) groups excluding carboxylic acids is 1. The molecule has 28 heavy (non-hydrogen) atoms. The highest BCUT2D eigenvalue weighted by Gasteiger charge is 2.52. The second kappa shape index (κ2) is 7.54. The van der Waals surface area contributed by atoms with Gasteiger partial charge < -0.3 is 10.5 Å². The maximum Gasteiger partial charge on any atom is 0.185 e. The number of aliphatic imine (C=N–C) groups is 2. The van der Waals surface area contributed by atoms with Crippen molar-refractivity contribution in [1.82, 2.24) is 0 Å². The van der Waals surface area contributed by atoms with Crippen molar-refractivity contribution in [2.75, 3.05) is 19.8 Å². The zero-order valence-electron chi connectivity index (χ0n) is 16.4. The summed E-state index contributed by atoms with van der Waals surface area (Å²) in [6.45, 7) is 5.15. The molecule has 2 atom stereocenters. The SMILES string of the molecule is CC[C@]1(c2cc(CC(=O)C3=NCC=C3C)ccc2F)N=C(N)COCC1(C)F. The Labute approximate surface area is 163 Å². The van der Waals surface area contributed by atoms with Crippen molar-refractivity contribution >= 4 is 17.3 Å². The van der Waals surface area contributed by atoms with E-state index in [1.165, 1.54) is 25.1 Å². The van der Waals surface area contributed by atoms with Gasteiger partial charge in [0.15, 0.2) is 11.5 Å². The summed E-state index contributed by atoms with van der Waals surface area (Å²) >= 11 is 0. The highest BCUT2D eigenvalue weighted by atomic mass is 19.1. The number of ether oxygens (including phenoxy) is 1. The fourth-order valence-corrected chi connectivity index (χ4v) is 3.91. The summed E-state index contributed by atoms with van der Waals surface area (Å²) < 4.78 is 35.8. The maximum absolute atomic E-state index is 15.6. The number of nitrogens with zero attached hydrogens (tertiary/aromatic N) is 2. The summed E-state index contributed by atoms with van der Waals surface area (Å²) in [5, 5.41) is 0. The van der Waals surface area contributed by atoms with E-state index in [1.807, 2.05) is 13.0 Å². The van der Waals surface area contributed by atoms with Crippen molar-refractivity contribution < 1.29 is 18.3 Å². The molecule has 150 valence electrons. The third kappa shape index (κ3) is 3.51. The lowest BCUT2D eigenvalue weighted by molar-refractivity contribution is -0.112. The maximum atomic E-state index is 15.6. The fraction of sp³-hybridized carbons (Fsp3) is 0.476. The topological polar surface area (TPSA) is 77.0 Å². The molecule has 3 rings (SSSR count). The smallest absolute Gasteiger partial charge is 0.185 e. The Bertz CT molecular complexity index is 890. The number of nitrogens with two attached hydrogens (primary N) is 1.